The van der Waals surface area contributed by atoms with Gasteiger partial charge < -0.3 is 15.3 Å². The topological polar surface area (TPSA) is 60.7 Å². The molecule has 0 aliphatic carbocycles. The number of rotatable bonds is 5. The molecule has 0 spiro atoms. The van der Waals surface area contributed by atoms with E-state index in [1.165, 1.54) is 0 Å². The van der Waals surface area contributed by atoms with Gasteiger partial charge in [-0.1, -0.05) is 40.2 Å². The minimum atomic E-state index is -0.939. The quantitative estimate of drug-likeness (QED) is 0.711. The fourth-order valence-corrected chi connectivity index (χ4v) is 1.95. The molecule has 84 valence electrons. The highest BCUT2D eigenvalue weighted by molar-refractivity contribution is 9.08. The lowest BCUT2D eigenvalue weighted by molar-refractivity contribution is 0.00386. The van der Waals surface area contributed by atoms with Crippen molar-refractivity contribution in [3.63, 3.8) is 0 Å². The smallest absolute Gasteiger partial charge is 0.105 e. The second kappa shape index (κ2) is 6.23. The van der Waals surface area contributed by atoms with Crippen molar-refractivity contribution >= 4 is 15.9 Å². The molecular weight excluding hydrogens is 260 g/mol. The van der Waals surface area contributed by atoms with E-state index in [9.17, 15) is 10.2 Å². The van der Waals surface area contributed by atoms with Crippen molar-refractivity contribution < 1.29 is 15.3 Å². The van der Waals surface area contributed by atoms with Crippen LogP contribution in [0.2, 0.25) is 0 Å². The Labute approximate surface area is 97.5 Å². The van der Waals surface area contributed by atoms with Crippen molar-refractivity contribution in [3.8, 4) is 0 Å². The van der Waals surface area contributed by atoms with E-state index in [1.807, 2.05) is 18.2 Å². The van der Waals surface area contributed by atoms with Crippen molar-refractivity contribution in [2.45, 2.75) is 24.0 Å². The Hall–Kier alpha value is -0.420. The second-order valence-corrected chi connectivity index (χ2v) is 3.92. The number of hydrogen-bond donors (Lipinski definition) is 3. The summed E-state index contributed by atoms with van der Waals surface area (Å²) in [6, 6.07) is 7.36. The standard InChI is InChI=1S/C11H15BrO3/c12-7-8-3-1-2-4-9(8)11(15)10(14)5-6-13/h1-4,10-11,13-15H,5-7H2. The average molecular weight is 275 g/mol. The number of halogens is 1. The van der Waals surface area contributed by atoms with Crippen LogP contribution < -0.4 is 0 Å². The Morgan fingerprint density at radius 2 is 1.87 bits per heavy atom. The number of benzene rings is 1. The Kier molecular flexibility index (Phi) is 5.25. The SMILES string of the molecule is OCCC(O)C(O)c1ccccc1CBr. The molecule has 4 heteroatoms. The number of hydrogen-bond acceptors (Lipinski definition) is 3. The fraction of sp³-hybridized carbons (Fsp3) is 0.455. The van der Waals surface area contributed by atoms with E-state index in [0.717, 1.165) is 5.56 Å². The Bertz CT molecular complexity index is 304. The fourth-order valence-electron chi connectivity index (χ4n) is 1.44. The lowest BCUT2D eigenvalue weighted by atomic mass is 9.98. The summed E-state index contributed by atoms with van der Waals surface area (Å²) in [6.45, 7) is -0.130. The monoisotopic (exact) mass is 274 g/mol. The van der Waals surface area contributed by atoms with Crippen LogP contribution in [-0.4, -0.2) is 28.0 Å². The van der Waals surface area contributed by atoms with Crippen molar-refractivity contribution in [2.75, 3.05) is 6.61 Å². The molecular formula is C11H15BrO3. The maximum atomic E-state index is 9.85. The molecule has 0 amide bonds. The Morgan fingerprint density at radius 3 is 2.47 bits per heavy atom. The summed E-state index contributed by atoms with van der Waals surface area (Å²) in [5.74, 6) is 0. The van der Waals surface area contributed by atoms with Gasteiger partial charge in [0, 0.05) is 11.9 Å². The predicted octanol–water partition coefficient (Wildman–Crippen LogP) is 1.36. The van der Waals surface area contributed by atoms with Gasteiger partial charge in [-0.15, -0.1) is 0 Å². The molecule has 0 saturated heterocycles. The third-order valence-corrected chi connectivity index (χ3v) is 2.91. The summed E-state index contributed by atoms with van der Waals surface area (Å²) < 4.78 is 0. The van der Waals surface area contributed by atoms with Crippen LogP contribution in [-0.2, 0) is 5.33 Å². The molecule has 0 bridgehead atoms. The van der Waals surface area contributed by atoms with E-state index in [-0.39, 0.29) is 13.0 Å². The first kappa shape index (κ1) is 12.6. The summed E-state index contributed by atoms with van der Waals surface area (Å²) in [4.78, 5) is 0. The molecule has 0 fully saturated rings. The van der Waals surface area contributed by atoms with Crippen molar-refractivity contribution in [1.82, 2.24) is 0 Å². The van der Waals surface area contributed by atoms with E-state index in [0.29, 0.717) is 10.9 Å². The Morgan fingerprint density at radius 1 is 1.20 bits per heavy atom. The van der Waals surface area contributed by atoms with Gasteiger partial charge in [0.15, 0.2) is 0 Å². The van der Waals surface area contributed by atoms with Gasteiger partial charge in [-0.05, 0) is 17.5 Å². The maximum Gasteiger partial charge on any atom is 0.105 e. The highest BCUT2D eigenvalue weighted by atomic mass is 79.9. The molecule has 0 aliphatic rings. The van der Waals surface area contributed by atoms with Gasteiger partial charge in [0.05, 0.1) is 6.10 Å². The first-order valence-electron chi connectivity index (χ1n) is 4.81. The zero-order chi connectivity index (χ0) is 11.3. The summed E-state index contributed by atoms with van der Waals surface area (Å²) >= 11 is 3.32. The predicted molar refractivity (Wildman–Crippen MR) is 61.7 cm³/mol. The zero-order valence-electron chi connectivity index (χ0n) is 8.31. The van der Waals surface area contributed by atoms with Gasteiger partial charge in [0.25, 0.3) is 0 Å². The van der Waals surface area contributed by atoms with Crippen LogP contribution in [0.25, 0.3) is 0 Å². The summed E-state index contributed by atoms with van der Waals surface area (Å²) in [5, 5.41) is 28.7. The molecule has 3 N–H and O–H groups in total. The summed E-state index contributed by atoms with van der Waals surface area (Å²) in [6.07, 6.45) is -1.68. The van der Waals surface area contributed by atoms with Crippen molar-refractivity contribution in [2.24, 2.45) is 0 Å². The molecule has 1 aromatic rings. The van der Waals surface area contributed by atoms with Gasteiger partial charge in [-0.2, -0.15) is 0 Å². The minimum Gasteiger partial charge on any atom is -0.396 e. The molecule has 0 aliphatic heterocycles. The van der Waals surface area contributed by atoms with E-state index in [2.05, 4.69) is 15.9 Å². The largest absolute Gasteiger partial charge is 0.396 e. The van der Waals surface area contributed by atoms with E-state index in [4.69, 9.17) is 5.11 Å². The average Bonchev–Trinajstić information content (AvgIpc) is 2.28. The van der Waals surface area contributed by atoms with Gasteiger partial charge in [-0.3, -0.25) is 0 Å². The molecule has 2 atom stereocenters. The highest BCUT2D eigenvalue weighted by Crippen LogP contribution is 2.24. The summed E-state index contributed by atoms with van der Waals surface area (Å²) in [5.41, 5.74) is 1.65. The maximum absolute atomic E-state index is 9.85. The third-order valence-electron chi connectivity index (χ3n) is 2.31. The van der Waals surface area contributed by atoms with E-state index in [1.54, 1.807) is 6.07 Å². The molecule has 1 aromatic carbocycles. The van der Waals surface area contributed by atoms with Gasteiger partial charge in [0.2, 0.25) is 0 Å². The van der Waals surface area contributed by atoms with Crippen molar-refractivity contribution in [3.05, 3.63) is 35.4 Å². The lowest BCUT2D eigenvalue weighted by Gasteiger charge is -2.19. The first-order valence-corrected chi connectivity index (χ1v) is 5.93. The van der Waals surface area contributed by atoms with E-state index >= 15 is 0 Å². The van der Waals surface area contributed by atoms with Crippen LogP contribution in [0.3, 0.4) is 0 Å². The summed E-state index contributed by atoms with van der Waals surface area (Å²) in [7, 11) is 0. The number of aliphatic hydroxyl groups is 3. The number of alkyl halides is 1. The van der Waals surface area contributed by atoms with Crippen LogP contribution in [0.5, 0.6) is 0 Å². The molecule has 0 saturated carbocycles. The first-order chi connectivity index (χ1) is 7.20. The molecule has 0 radical (unpaired) electrons. The Balaban J connectivity index is 2.84. The normalized spacial score (nSPS) is 14.9. The molecule has 3 nitrogen and oxygen atoms in total. The van der Waals surface area contributed by atoms with Gasteiger partial charge >= 0.3 is 0 Å². The van der Waals surface area contributed by atoms with Crippen LogP contribution in [0.4, 0.5) is 0 Å². The second-order valence-electron chi connectivity index (χ2n) is 3.36. The highest BCUT2D eigenvalue weighted by Gasteiger charge is 2.19. The van der Waals surface area contributed by atoms with Crippen molar-refractivity contribution in [1.29, 1.82) is 0 Å². The molecule has 15 heavy (non-hydrogen) atoms. The molecule has 0 heterocycles. The third kappa shape index (κ3) is 3.28. The molecule has 0 aromatic heterocycles. The van der Waals surface area contributed by atoms with Gasteiger partial charge in [-0.25, -0.2) is 0 Å². The molecule has 2 unspecified atom stereocenters. The van der Waals surface area contributed by atoms with Gasteiger partial charge in [0.1, 0.15) is 6.10 Å². The van der Waals surface area contributed by atoms with Crippen LogP contribution >= 0.6 is 15.9 Å². The van der Waals surface area contributed by atoms with Crippen LogP contribution in [0, 0.1) is 0 Å². The molecule has 1 rings (SSSR count). The number of aliphatic hydroxyl groups excluding tert-OH is 3. The van der Waals surface area contributed by atoms with Crippen LogP contribution in [0.1, 0.15) is 23.7 Å². The minimum absolute atomic E-state index is 0.130. The lowest BCUT2D eigenvalue weighted by Crippen LogP contribution is -2.20. The zero-order valence-corrected chi connectivity index (χ0v) is 9.89. The van der Waals surface area contributed by atoms with E-state index < -0.39 is 12.2 Å². The van der Waals surface area contributed by atoms with Crippen LogP contribution in [0.15, 0.2) is 24.3 Å².